The number of amides is 4. The third kappa shape index (κ3) is 5.37. The number of imide groups is 2. The summed E-state index contributed by atoms with van der Waals surface area (Å²) in [6.45, 7) is 12.4. The maximum absolute atomic E-state index is 14.3. The summed E-state index contributed by atoms with van der Waals surface area (Å²) in [6.07, 6.45) is -0.0171. The van der Waals surface area contributed by atoms with E-state index in [0.29, 0.717) is 23.4 Å². The molecule has 1 aliphatic rings. The number of aryl methyl sites for hydroxylation is 2. The lowest BCUT2D eigenvalue weighted by Crippen LogP contribution is -2.70. The van der Waals surface area contributed by atoms with Crippen LogP contribution in [0.2, 0.25) is 0 Å². The van der Waals surface area contributed by atoms with Gasteiger partial charge in [0.15, 0.2) is 0 Å². The Hall–Kier alpha value is -3.64. The Kier molecular flexibility index (Phi) is 9.15. The zero-order valence-electron chi connectivity index (χ0n) is 24.5. The summed E-state index contributed by atoms with van der Waals surface area (Å²) in [5.41, 5.74) is 8.36. The number of hydrogen-bond donors (Lipinski definition) is 1. The molecule has 0 spiro atoms. The molecule has 2 aromatic rings. The van der Waals surface area contributed by atoms with Gasteiger partial charge < -0.3 is 14.9 Å². The number of methoxy groups -OCH3 is 1. The lowest BCUT2D eigenvalue weighted by atomic mass is 9.97. The summed E-state index contributed by atoms with van der Waals surface area (Å²) in [5.74, 6) is -3.79. The zero-order valence-corrected chi connectivity index (χ0v) is 24.5. The van der Waals surface area contributed by atoms with Crippen molar-refractivity contribution in [3.63, 3.8) is 0 Å². The molecule has 0 saturated carbocycles. The number of urea groups is 1. The molecule has 12 nitrogen and oxygen atoms in total. The number of ether oxygens (including phenoxy) is 1. The minimum atomic E-state index is -1.48. The van der Waals surface area contributed by atoms with E-state index < -0.39 is 64.0 Å². The summed E-state index contributed by atoms with van der Waals surface area (Å²) < 4.78 is 10.4. The second-order valence-corrected chi connectivity index (χ2v) is 11.2. The van der Waals surface area contributed by atoms with Gasteiger partial charge in [-0.2, -0.15) is 14.1 Å². The highest BCUT2D eigenvalue weighted by Crippen LogP contribution is 2.33. The lowest BCUT2D eigenvalue weighted by Gasteiger charge is -2.40. The summed E-state index contributed by atoms with van der Waals surface area (Å²) in [7, 11) is 1.08. The fraction of sp³-hybridized carbons (Fsp3) is 0.571. The third-order valence-corrected chi connectivity index (χ3v) is 7.72. The predicted molar refractivity (Wildman–Crippen MR) is 146 cm³/mol. The number of likely N-dealkylation sites (tertiary alicyclic amines) is 1. The number of nitrogens with two attached hydrogens (primary N) is 1. The van der Waals surface area contributed by atoms with Gasteiger partial charge in [0.2, 0.25) is 5.78 Å². The molecular weight excluding hydrogens is 518 g/mol. The van der Waals surface area contributed by atoms with Gasteiger partial charge in [0.1, 0.15) is 18.1 Å². The van der Waals surface area contributed by atoms with E-state index in [1.54, 1.807) is 53.7 Å². The van der Waals surface area contributed by atoms with E-state index in [4.69, 9.17) is 14.9 Å². The maximum Gasteiger partial charge on any atom is 0.442 e. The van der Waals surface area contributed by atoms with Crippen molar-refractivity contribution >= 4 is 23.8 Å². The Morgan fingerprint density at radius 3 is 2.30 bits per heavy atom. The van der Waals surface area contributed by atoms with E-state index in [2.05, 4.69) is 5.10 Å². The fourth-order valence-electron chi connectivity index (χ4n) is 5.35. The second-order valence-electron chi connectivity index (χ2n) is 11.2. The Morgan fingerprint density at radius 1 is 1.15 bits per heavy atom. The lowest BCUT2D eigenvalue weighted by molar-refractivity contribution is -0.788. The van der Waals surface area contributed by atoms with Crippen molar-refractivity contribution in [2.24, 2.45) is 17.6 Å². The molecule has 0 bridgehead atoms. The summed E-state index contributed by atoms with van der Waals surface area (Å²) in [6, 6.07) is 1.49. The number of nitrogens with zero attached hydrogens (tertiary/aromatic N) is 4. The van der Waals surface area contributed by atoms with E-state index in [1.807, 2.05) is 13.0 Å². The highest BCUT2D eigenvalue weighted by molar-refractivity contribution is 6.03. The molecule has 1 saturated heterocycles. The topological polar surface area (TPSA) is 155 Å². The molecule has 1 aromatic carbocycles. The fourth-order valence-corrected chi connectivity index (χ4v) is 5.35. The van der Waals surface area contributed by atoms with Crippen LogP contribution in [0.1, 0.15) is 69.3 Å². The minimum Gasteiger partial charge on any atom is -0.452 e. The van der Waals surface area contributed by atoms with Crippen LogP contribution >= 0.6 is 0 Å². The van der Waals surface area contributed by atoms with Crippen molar-refractivity contribution in [2.75, 3.05) is 13.7 Å². The zero-order chi connectivity index (χ0) is 30.1. The smallest absolute Gasteiger partial charge is 0.442 e. The molecule has 0 aliphatic carbocycles. The predicted octanol–water partition coefficient (Wildman–Crippen LogP) is 3.35. The van der Waals surface area contributed by atoms with Crippen molar-refractivity contribution in [1.82, 2.24) is 14.7 Å². The quantitative estimate of drug-likeness (QED) is 0.398. The number of Topliss-reactive ketones (excluding diaryl/α,β-unsaturated/α-hetero) is 1. The van der Waals surface area contributed by atoms with Crippen LogP contribution in [0, 0.1) is 25.7 Å². The van der Waals surface area contributed by atoms with Gasteiger partial charge in [-0.25, -0.2) is 19.2 Å². The van der Waals surface area contributed by atoms with Crippen molar-refractivity contribution in [3.8, 4) is 5.69 Å². The molecule has 218 valence electrons. The number of carbonyl (C=O) groups is 4. The number of benzene rings is 1. The van der Waals surface area contributed by atoms with Gasteiger partial charge in [-0.05, 0) is 44.2 Å². The monoisotopic (exact) mass is 558 g/mol. The van der Waals surface area contributed by atoms with Crippen molar-refractivity contribution in [2.45, 2.75) is 79.4 Å². The molecule has 40 heavy (non-hydrogen) atoms. The summed E-state index contributed by atoms with van der Waals surface area (Å²) in [4.78, 5) is 68.6. The van der Waals surface area contributed by atoms with Crippen LogP contribution in [0.5, 0.6) is 0 Å². The van der Waals surface area contributed by atoms with Gasteiger partial charge >= 0.3 is 23.8 Å². The number of quaternary nitrogens is 1. The highest BCUT2D eigenvalue weighted by atomic mass is 16.5. The van der Waals surface area contributed by atoms with E-state index in [9.17, 15) is 24.0 Å². The van der Waals surface area contributed by atoms with Crippen molar-refractivity contribution < 1.29 is 32.8 Å². The molecular formula is C28H40N5O7+. The van der Waals surface area contributed by atoms with Crippen LogP contribution in [-0.2, 0) is 9.53 Å². The van der Waals surface area contributed by atoms with Crippen LogP contribution in [0.15, 0.2) is 27.4 Å². The first-order valence-electron chi connectivity index (χ1n) is 13.5. The third-order valence-electron chi connectivity index (χ3n) is 7.72. The van der Waals surface area contributed by atoms with E-state index in [0.717, 1.165) is 22.9 Å². The number of ketones is 1. The van der Waals surface area contributed by atoms with Gasteiger partial charge in [0.05, 0.1) is 19.3 Å². The Labute approximate surface area is 233 Å². The molecule has 4 atom stereocenters. The average molecular weight is 559 g/mol. The molecule has 4 amide bonds. The van der Waals surface area contributed by atoms with Gasteiger partial charge in [-0.15, -0.1) is 5.10 Å². The molecule has 0 radical (unpaired) electrons. The van der Waals surface area contributed by atoms with Crippen LogP contribution in [-0.4, -0.2) is 74.8 Å². The van der Waals surface area contributed by atoms with Crippen LogP contribution in [0.4, 0.5) is 9.59 Å². The normalized spacial score (nSPS) is 20.4. The molecule has 2 N–H and O–H groups in total. The number of aromatic nitrogens is 2. The van der Waals surface area contributed by atoms with Crippen LogP contribution in [0.25, 0.3) is 5.69 Å². The Bertz CT molecular complexity index is 1360. The number of carbonyl (C=O) groups excluding carboxylic acids is 4. The van der Waals surface area contributed by atoms with Crippen LogP contribution in [0.3, 0.4) is 0 Å². The van der Waals surface area contributed by atoms with Crippen molar-refractivity contribution in [1.29, 1.82) is 0 Å². The molecule has 12 heteroatoms. The molecule has 1 unspecified atom stereocenters. The molecule has 1 aliphatic heterocycles. The van der Waals surface area contributed by atoms with Gasteiger partial charge in [0, 0.05) is 12.8 Å². The van der Waals surface area contributed by atoms with E-state index >= 15 is 0 Å². The minimum absolute atomic E-state index is 0.127. The van der Waals surface area contributed by atoms with E-state index in [1.165, 1.54) is 0 Å². The van der Waals surface area contributed by atoms with Gasteiger partial charge in [-0.1, -0.05) is 45.4 Å². The summed E-state index contributed by atoms with van der Waals surface area (Å²) in [5, 5.41) is 4.12. The first-order chi connectivity index (χ1) is 18.7. The standard InChI is InChI=1S/C28H40N5O7/c1-15(2)21(29)25(35)33(13-9-10-19(33)7)26(36)31(27(37)39-8)22(16(3)4)23(34)24-30-32(28(38)40-24)20-12-11-17(5)14-18(20)6/h11-12,14-16,19,21-22H,9-10,13,29H2,1-8H3/q+1/t19-,21+,22+,33?/m1/s1. The molecule has 2 heterocycles. The molecule has 3 rings (SSSR count). The van der Waals surface area contributed by atoms with Gasteiger partial charge in [0.25, 0.3) is 5.89 Å². The first kappa shape index (κ1) is 30.9. The average Bonchev–Trinajstić information content (AvgIpc) is 3.47. The second kappa shape index (κ2) is 11.8. The Balaban J connectivity index is 2.13. The number of hydrogen-bond acceptors (Lipinski definition) is 9. The number of rotatable bonds is 7. The molecule has 1 fully saturated rings. The largest absolute Gasteiger partial charge is 0.452 e. The summed E-state index contributed by atoms with van der Waals surface area (Å²) >= 11 is 0. The van der Waals surface area contributed by atoms with Crippen LogP contribution < -0.4 is 11.5 Å². The first-order valence-corrected chi connectivity index (χ1v) is 13.5. The van der Waals surface area contributed by atoms with Crippen molar-refractivity contribution in [3.05, 3.63) is 45.8 Å². The highest BCUT2D eigenvalue weighted by Gasteiger charge is 2.59. The SMILES string of the molecule is COC(=O)N(C(=O)[N+]1(C(=O)[C@@H](N)C(C)C)CCC[C@H]1C)[C@H](C(=O)c1nn(-c2ccc(C)cc2C)c(=O)o1)C(C)C. The Morgan fingerprint density at radius 2 is 1.80 bits per heavy atom. The van der Waals surface area contributed by atoms with E-state index in [-0.39, 0.29) is 12.5 Å². The molecule has 1 aromatic heterocycles. The maximum atomic E-state index is 14.3. The van der Waals surface area contributed by atoms with Gasteiger partial charge in [-0.3, -0.25) is 4.79 Å².